The first kappa shape index (κ1) is 16.6. The van der Waals surface area contributed by atoms with Crippen molar-refractivity contribution in [3.63, 3.8) is 0 Å². The van der Waals surface area contributed by atoms with Crippen molar-refractivity contribution in [3.8, 4) is 0 Å². The molecule has 3 N–H and O–H groups in total. The number of aromatic amines is 1. The molecule has 26 heavy (non-hydrogen) atoms. The molecule has 2 aliphatic rings. The minimum absolute atomic E-state index is 0.0884. The maximum Gasteiger partial charge on any atom is 0.344 e. The zero-order valence-electron chi connectivity index (χ0n) is 14.7. The van der Waals surface area contributed by atoms with E-state index in [0.717, 1.165) is 34.3 Å². The first-order valence-electron chi connectivity index (χ1n) is 9.00. The highest BCUT2D eigenvalue weighted by atomic mass is 16.2. The third kappa shape index (κ3) is 2.73. The Hall–Kier alpha value is -2.83. The maximum atomic E-state index is 12.8. The first-order valence-corrected chi connectivity index (χ1v) is 9.00. The summed E-state index contributed by atoms with van der Waals surface area (Å²) in [7, 11) is 0. The van der Waals surface area contributed by atoms with Crippen LogP contribution in [0.2, 0.25) is 0 Å². The Labute approximate surface area is 151 Å². The van der Waals surface area contributed by atoms with Gasteiger partial charge < -0.3 is 10.3 Å². The van der Waals surface area contributed by atoms with Gasteiger partial charge in [0.25, 0.3) is 5.91 Å². The average Bonchev–Trinajstić information content (AvgIpc) is 3.13. The van der Waals surface area contributed by atoms with Crippen LogP contribution in [-0.2, 0) is 16.0 Å². The fourth-order valence-corrected chi connectivity index (χ4v) is 3.93. The number of carbonyl (C=O) groups excluding carboxylic acids is 3. The maximum absolute atomic E-state index is 12.8. The second-order valence-electron chi connectivity index (χ2n) is 7.41. The Morgan fingerprint density at radius 1 is 1.27 bits per heavy atom. The van der Waals surface area contributed by atoms with Gasteiger partial charge in [0, 0.05) is 17.1 Å². The number of urea groups is 1. The molecule has 1 aromatic carbocycles. The van der Waals surface area contributed by atoms with E-state index in [-0.39, 0.29) is 18.2 Å². The van der Waals surface area contributed by atoms with E-state index in [0.29, 0.717) is 18.8 Å². The molecule has 4 amide bonds. The summed E-state index contributed by atoms with van der Waals surface area (Å²) >= 11 is 0. The van der Waals surface area contributed by atoms with E-state index in [1.165, 1.54) is 0 Å². The molecule has 1 aliphatic heterocycles. The molecule has 0 radical (unpaired) electrons. The molecule has 2 heterocycles. The highest BCUT2D eigenvalue weighted by molar-refractivity contribution is 6.08. The van der Waals surface area contributed by atoms with Crippen molar-refractivity contribution in [3.05, 3.63) is 36.0 Å². The number of H-pyrrole nitrogens is 1. The zero-order chi connectivity index (χ0) is 18.3. The minimum Gasteiger partial charge on any atom is -0.361 e. The molecule has 1 saturated heterocycles. The van der Waals surface area contributed by atoms with Crippen LogP contribution in [-0.4, -0.2) is 33.4 Å². The van der Waals surface area contributed by atoms with Crippen molar-refractivity contribution in [1.29, 1.82) is 0 Å². The lowest BCUT2D eigenvalue weighted by Gasteiger charge is -2.33. The summed E-state index contributed by atoms with van der Waals surface area (Å²) < 4.78 is 0. The molecule has 1 spiro atoms. The predicted molar refractivity (Wildman–Crippen MR) is 95.9 cm³/mol. The Kier molecular flexibility index (Phi) is 3.94. The van der Waals surface area contributed by atoms with Crippen molar-refractivity contribution >= 4 is 28.7 Å². The van der Waals surface area contributed by atoms with Crippen molar-refractivity contribution < 1.29 is 14.4 Å². The largest absolute Gasteiger partial charge is 0.361 e. The summed E-state index contributed by atoms with van der Waals surface area (Å²) in [4.78, 5) is 40.6. The number of aromatic nitrogens is 1. The molecular weight excluding hydrogens is 332 g/mol. The molecular formula is C19H22N4O3. The lowest BCUT2D eigenvalue weighted by molar-refractivity contribution is -0.139. The van der Waals surface area contributed by atoms with Crippen LogP contribution in [0.5, 0.6) is 0 Å². The molecule has 1 saturated carbocycles. The second kappa shape index (κ2) is 6.16. The highest BCUT2D eigenvalue weighted by Crippen LogP contribution is 2.35. The predicted octanol–water partition coefficient (Wildman–Crippen LogP) is 2.24. The monoisotopic (exact) mass is 354 g/mol. The van der Waals surface area contributed by atoms with Gasteiger partial charge in [-0.3, -0.25) is 15.0 Å². The summed E-state index contributed by atoms with van der Waals surface area (Å²) in [6.07, 6.45) is 4.89. The van der Waals surface area contributed by atoms with Crippen molar-refractivity contribution in [2.45, 2.75) is 44.6 Å². The van der Waals surface area contributed by atoms with Gasteiger partial charge in [-0.15, -0.1) is 0 Å². The molecule has 7 heteroatoms. The van der Waals surface area contributed by atoms with Gasteiger partial charge in [-0.2, -0.15) is 5.01 Å². The standard InChI is InChI=1S/C19H22N4O3/c1-12-6-8-19(9-7-12)17(25)23(18(26)21-19)22-16(24)10-13-11-20-15-5-3-2-4-14(13)15/h2-5,11-12,20H,6-10H2,1H3,(H,21,26)(H,22,24). The van der Waals surface area contributed by atoms with E-state index in [9.17, 15) is 14.4 Å². The minimum atomic E-state index is -0.850. The van der Waals surface area contributed by atoms with Crippen molar-refractivity contribution in [2.75, 3.05) is 0 Å². The molecule has 2 aromatic rings. The van der Waals surface area contributed by atoms with E-state index in [2.05, 4.69) is 22.7 Å². The smallest absolute Gasteiger partial charge is 0.344 e. The van der Waals surface area contributed by atoms with Crippen molar-refractivity contribution in [2.24, 2.45) is 5.92 Å². The van der Waals surface area contributed by atoms with Crippen LogP contribution < -0.4 is 10.7 Å². The fourth-order valence-electron chi connectivity index (χ4n) is 3.93. The fraction of sp³-hybridized carbons (Fsp3) is 0.421. The number of fused-ring (bicyclic) bond motifs is 1. The summed E-state index contributed by atoms with van der Waals surface area (Å²) in [5, 5.41) is 4.61. The Balaban J connectivity index is 1.46. The van der Waals surface area contributed by atoms with Gasteiger partial charge in [-0.1, -0.05) is 25.1 Å². The van der Waals surface area contributed by atoms with Gasteiger partial charge in [-0.05, 0) is 43.2 Å². The number of benzene rings is 1. The average molecular weight is 354 g/mol. The lowest BCUT2D eigenvalue weighted by Crippen LogP contribution is -2.51. The molecule has 0 bridgehead atoms. The number of para-hydroxylation sites is 1. The quantitative estimate of drug-likeness (QED) is 0.738. The molecule has 136 valence electrons. The summed E-state index contributed by atoms with van der Waals surface area (Å²) in [6, 6.07) is 7.14. The SMILES string of the molecule is CC1CCC2(CC1)NC(=O)N(NC(=O)Cc1c[nH]c3ccccc13)C2=O. The molecule has 0 atom stereocenters. The number of hydrazine groups is 1. The number of rotatable bonds is 3. The molecule has 4 rings (SSSR count). The first-order chi connectivity index (χ1) is 12.5. The van der Waals surface area contributed by atoms with Crippen molar-refractivity contribution in [1.82, 2.24) is 20.7 Å². The Morgan fingerprint density at radius 2 is 2.00 bits per heavy atom. The summed E-state index contributed by atoms with van der Waals surface area (Å²) in [5.74, 6) is -0.183. The summed E-state index contributed by atoms with van der Waals surface area (Å²) in [5.41, 5.74) is 3.40. The van der Waals surface area contributed by atoms with Crippen LogP contribution in [0.25, 0.3) is 10.9 Å². The number of carbonyl (C=O) groups is 3. The number of imide groups is 1. The number of hydrogen-bond acceptors (Lipinski definition) is 3. The molecule has 7 nitrogen and oxygen atoms in total. The Bertz CT molecular complexity index is 880. The second-order valence-corrected chi connectivity index (χ2v) is 7.41. The van der Waals surface area contributed by atoms with Gasteiger partial charge >= 0.3 is 6.03 Å². The Morgan fingerprint density at radius 3 is 2.77 bits per heavy atom. The van der Waals surface area contributed by atoms with E-state index in [4.69, 9.17) is 0 Å². The molecule has 1 aromatic heterocycles. The summed E-state index contributed by atoms with van der Waals surface area (Å²) in [6.45, 7) is 2.15. The van der Waals surface area contributed by atoms with Crippen LogP contribution >= 0.6 is 0 Å². The van der Waals surface area contributed by atoms with Crippen LogP contribution in [0.4, 0.5) is 4.79 Å². The number of nitrogens with zero attached hydrogens (tertiary/aromatic N) is 1. The van der Waals surface area contributed by atoms with Crippen LogP contribution in [0, 0.1) is 5.92 Å². The van der Waals surface area contributed by atoms with Crippen LogP contribution in [0.3, 0.4) is 0 Å². The lowest BCUT2D eigenvalue weighted by atomic mass is 9.77. The van der Waals surface area contributed by atoms with E-state index in [1.807, 2.05) is 24.3 Å². The molecule has 2 fully saturated rings. The molecule has 0 unspecified atom stereocenters. The van der Waals surface area contributed by atoms with Gasteiger partial charge in [-0.25, -0.2) is 4.79 Å². The third-order valence-electron chi connectivity index (χ3n) is 5.55. The normalized spacial score (nSPS) is 25.7. The molecule has 1 aliphatic carbocycles. The third-order valence-corrected chi connectivity index (χ3v) is 5.55. The highest BCUT2D eigenvalue weighted by Gasteiger charge is 2.52. The van der Waals surface area contributed by atoms with Gasteiger partial charge in [0.2, 0.25) is 5.91 Å². The van der Waals surface area contributed by atoms with Gasteiger partial charge in [0.05, 0.1) is 6.42 Å². The zero-order valence-corrected chi connectivity index (χ0v) is 14.7. The number of nitrogens with one attached hydrogen (secondary N) is 3. The van der Waals surface area contributed by atoms with E-state index >= 15 is 0 Å². The van der Waals surface area contributed by atoms with Crippen LogP contribution in [0.1, 0.15) is 38.2 Å². The van der Waals surface area contributed by atoms with Gasteiger partial charge in [0.1, 0.15) is 5.54 Å². The number of hydrogen-bond donors (Lipinski definition) is 3. The van der Waals surface area contributed by atoms with Gasteiger partial charge in [0.15, 0.2) is 0 Å². The van der Waals surface area contributed by atoms with E-state index < -0.39 is 11.6 Å². The van der Waals surface area contributed by atoms with Crippen LogP contribution in [0.15, 0.2) is 30.5 Å². The topological polar surface area (TPSA) is 94.3 Å². The number of amides is 4. The van der Waals surface area contributed by atoms with E-state index in [1.54, 1.807) is 6.20 Å².